The van der Waals surface area contributed by atoms with E-state index < -0.39 is 32.6 Å². The van der Waals surface area contributed by atoms with E-state index in [4.69, 9.17) is 0 Å². The Bertz CT molecular complexity index is 1230. The molecule has 3 aromatic rings. The van der Waals surface area contributed by atoms with Gasteiger partial charge in [-0.05, 0) is 50.6 Å². The number of hydrogen-bond acceptors (Lipinski definition) is 4. The fraction of sp³-hybridized carbons (Fsp3) is 0.429. The number of halogens is 3. The molecule has 2 aromatic carbocycles. The van der Waals surface area contributed by atoms with Gasteiger partial charge in [0.1, 0.15) is 0 Å². The van der Waals surface area contributed by atoms with Gasteiger partial charge in [-0.3, -0.25) is 0 Å². The lowest BCUT2D eigenvalue weighted by atomic mass is 10.1. The second-order valence-corrected chi connectivity index (χ2v) is 9.93. The van der Waals surface area contributed by atoms with Gasteiger partial charge in [-0.1, -0.05) is 11.6 Å². The van der Waals surface area contributed by atoms with Crippen LogP contribution >= 0.6 is 0 Å². The molecule has 2 heterocycles. The molecule has 1 saturated heterocycles. The maximum absolute atomic E-state index is 13.7. The van der Waals surface area contributed by atoms with Crippen LogP contribution in [0.15, 0.2) is 35.2 Å². The smallest absolute Gasteiger partial charge is 0.390 e. The molecule has 162 valence electrons. The van der Waals surface area contributed by atoms with Crippen molar-refractivity contribution >= 4 is 31.6 Å². The topological polar surface area (TPSA) is 71.3 Å². The van der Waals surface area contributed by atoms with Gasteiger partial charge in [0.05, 0.1) is 28.1 Å². The number of sulfone groups is 1. The van der Waals surface area contributed by atoms with E-state index in [0.29, 0.717) is 29.4 Å². The van der Waals surface area contributed by atoms with Crippen molar-refractivity contribution in [3.05, 3.63) is 41.5 Å². The molecule has 0 amide bonds. The van der Waals surface area contributed by atoms with E-state index in [1.54, 1.807) is 19.1 Å². The molecule has 0 aliphatic carbocycles. The quantitative estimate of drug-likeness (QED) is 0.636. The number of alkyl halides is 3. The summed E-state index contributed by atoms with van der Waals surface area (Å²) in [5.74, 6) is 0. The molecule has 0 bridgehead atoms. The number of aliphatic hydroxyl groups excluding tert-OH is 1. The lowest BCUT2D eigenvalue weighted by Crippen LogP contribution is -2.31. The summed E-state index contributed by atoms with van der Waals surface area (Å²) in [6.45, 7) is 2.90. The van der Waals surface area contributed by atoms with Crippen molar-refractivity contribution in [2.75, 3.05) is 19.3 Å². The Morgan fingerprint density at radius 3 is 2.53 bits per heavy atom. The van der Waals surface area contributed by atoms with Gasteiger partial charge in [0.25, 0.3) is 0 Å². The number of aromatic nitrogens is 1. The first-order chi connectivity index (χ1) is 14.0. The standard InChI is InChI=1S/C21H23F3N2O3S/c1-12-5-7-15-13(10-12)19-17(26(15)16-4-3-9-25-11-18(16)27)8-6-14(21(22,23)24)20(19)30(2,28)29/h5-8,10,16,18,25,27H,3-4,9,11H2,1-2H3/t16?,18-/m0/s1. The normalized spacial score (nSPS) is 21.3. The molecule has 1 aliphatic heterocycles. The molecule has 0 saturated carbocycles. The highest BCUT2D eigenvalue weighted by Crippen LogP contribution is 2.43. The third-order valence-electron chi connectivity index (χ3n) is 5.74. The van der Waals surface area contributed by atoms with Crippen LogP contribution in [0, 0.1) is 6.92 Å². The van der Waals surface area contributed by atoms with Gasteiger partial charge in [0.2, 0.25) is 0 Å². The van der Waals surface area contributed by atoms with Gasteiger partial charge < -0.3 is 15.0 Å². The Balaban J connectivity index is 2.19. The number of aryl methyl sites for hydroxylation is 1. The van der Waals surface area contributed by atoms with E-state index in [1.807, 2.05) is 10.6 Å². The average Bonchev–Trinajstić information content (AvgIpc) is 2.79. The van der Waals surface area contributed by atoms with Crippen molar-refractivity contribution in [2.45, 2.75) is 43.0 Å². The predicted molar refractivity (Wildman–Crippen MR) is 109 cm³/mol. The Hall–Kier alpha value is -2.10. The summed E-state index contributed by atoms with van der Waals surface area (Å²) in [7, 11) is -4.19. The molecule has 1 fully saturated rings. The summed E-state index contributed by atoms with van der Waals surface area (Å²) in [6, 6.07) is 7.12. The number of fused-ring (bicyclic) bond motifs is 3. The third kappa shape index (κ3) is 3.48. The van der Waals surface area contributed by atoms with Crippen LogP contribution in [-0.4, -0.2) is 43.5 Å². The molecule has 1 aromatic heterocycles. The minimum atomic E-state index is -4.81. The van der Waals surface area contributed by atoms with E-state index in [9.17, 15) is 26.7 Å². The van der Waals surface area contributed by atoms with Crippen LogP contribution in [0.25, 0.3) is 21.8 Å². The maximum Gasteiger partial charge on any atom is 0.417 e. The van der Waals surface area contributed by atoms with Gasteiger partial charge in [-0.25, -0.2) is 8.42 Å². The lowest BCUT2D eigenvalue weighted by Gasteiger charge is -2.24. The van der Waals surface area contributed by atoms with Crippen molar-refractivity contribution < 1.29 is 26.7 Å². The van der Waals surface area contributed by atoms with Crippen molar-refractivity contribution in [2.24, 2.45) is 0 Å². The Morgan fingerprint density at radius 1 is 1.17 bits per heavy atom. The Morgan fingerprint density at radius 2 is 1.87 bits per heavy atom. The molecule has 0 spiro atoms. The Labute approximate surface area is 172 Å². The summed E-state index contributed by atoms with van der Waals surface area (Å²) in [6.07, 6.45) is -3.35. The molecule has 1 aliphatic rings. The first-order valence-electron chi connectivity index (χ1n) is 9.73. The molecule has 2 N–H and O–H groups in total. The average molecular weight is 440 g/mol. The van der Waals surface area contributed by atoms with Crippen LogP contribution in [0.4, 0.5) is 13.2 Å². The summed E-state index contributed by atoms with van der Waals surface area (Å²) < 4.78 is 68.2. The van der Waals surface area contributed by atoms with Gasteiger partial charge >= 0.3 is 6.18 Å². The molecular weight excluding hydrogens is 417 g/mol. The molecule has 9 heteroatoms. The van der Waals surface area contributed by atoms with E-state index in [-0.39, 0.29) is 11.4 Å². The van der Waals surface area contributed by atoms with Crippen LogP contribution in [0.5, 0.6) is 0 Å². The lowest BCUT2D eigenvalue weighted by molar-refractivity contribution is -0.139. The highest BCUT2D eigenvalue weighted by Gasteiger charge is 2.39. The van der Waals surface area contributed by atoms with Crippen molar-refractivity contribution in [1.29, 1.82) is 0 Å². The zero-order valence-electron chi connectivity index (χ0n) is 16.6. The highest BCUT2D eigenvalue weighted by atomic mass is 32.2. The van der Waals surface area contributed by atoms with Crippen LogP contribution in [-0.2, 0) is 16.0 Å². The number of nitrogens with one attached hydrogen (secondary N) is 1. The Kier molecular flexibility index (Phi) is 5.11. The third-order valence-corrected chi connectivity index (χ3v) is 6.90. The van der Waals surface area contributed by atoms with Crippen LogP contribution < -0.4 is 5.32 Å². The number of benzene rings is 2. The number of hydrogen-bond donors (Lipinski definition) is 2. The summed E-state index contributed by atoms with van der Waals surface area (Å²) in [5, 5.41) is 14.4. The molecule has 1 unspecified atom stereocenters. The molecule has 2 atom stereocenters. The number of aliphatic hydroxyl groups is 1. The molecule has 30 heavy (non-hydrogen) atoms. The van der Waals surface area contributed by atoms with E-state index in [1.165, 1.54) is 6.07 Å². The first kappa shape index (κ1) is 21.1. The van der Waals surface area contributed by atoms with E-state index in [0.717, 1.165) is 30.9 Å². The van der Waals surface area contributed by atoms with Crippen molar-refractivity contribution in [3.8, 4) is 0 Å². The molecule has 0 radical (unpaired) electrons. The van der Waals surface area contributed by atoms with Gasteiger partial charge in [-0.15, -0.1) is 0 Å². The van der Waals surface area contributed by atoms with Crippen molar-refractivity contribution in [3.63, 3.8) is 0 Å². The largest absolute Gasteiger partial charge is 0.417 e. The SMILES string of the molecule is Cc1ccc2c(c1)c1c(S(C)(=O)=O)c(C(F)(F)F)ccc1n2C1CCCNC[C@@H]1O. The zero-order chi connectivity index (χ0) is 21.8. The van der Waals surface area contributed by atoms with Crippen LogP contribution in [0.3, 0.4) is 0 Å². The fourth-order valence-electron chi connectivity index (χ4n) is 4.50. The number of rotatable bonds is 2. The fourth-order valence-corrected chi connectivity index (χ4v) is 5.67. The zero-order valence-corrected chi connectivity index (χ0v) is 17.4. The predicted octanol–water partition coefficient (Wildman–Crippen LogP) is 3.81. The summed E-state index contributed by atoms with van der Waals surface area (Å²) >= 11 is 0. The molecule has 4 rings (SSSR count). The molecule has 5 nitrogen and oxygen atoms in total. The summed E-state index contributed by atoms with van der Waals surface area (Å²) in [5.41, 5.74) is 0.642. The van der Waals surface area contributed by atoms with Crippen LogP contribution in [0.1, 0.15) is 30.0 Å². The number of nitrogens with zero attached hydrogens (tertiary/aromatic N) is 1. The number of β-amino-alcohol motifs (C(OH)–C–C–N with tert-alkyl or cyclic N) is 1. The van der Waals surface area contributed by atoms with E-state index in [2.05, 4.69) is 5.32 Å². The van der Waals surface area contributed by atoms with E-state index >= 15 is 0 Å². The summed E-state index contributed by atoms with van der Waals surface area (Å²) in [4.78, 5) is -0.705. The second-order valence-electron chi connectivity index (χ2n) is 7.98. The van der Waals surface area contributed by atoms with Gasteiger partial charge in [-0.2, -0.15) is 13.2 Å². The monoisotopic (exact) mass is 440 g/mol. The van der Waals surface area contributed by atoms with Crippen LogP contribution in [0.2, 0.25) is 0 Å². The maximum atomic E-state index is 13.7. The second kappa shape index (κ2) is 7.25. The highest BCUT2D eigenvalue weighted by molar-refractivity contribution is 7.91. The molecular formula is C21H23F3N2O3S. The van der Waals surface area contributed by atoms with Gasteiger partial charge in [0.15, 0.2) is 9.84 Å². The minimum absolute atomic E-state index is 0.0652. The minimum Gasteiger partial charge on any atom is -0.390 e. The van der Waals surface area contributed by atoms with Gasteiger partial charge in [0, 0.05) is 29.1 Å². The van der Waals surface area contributed by atoms with Crippen molar-refractivity contribution in [1.82, 2.24) is 9.88 Å². The first-order valence-corrected chi connectivity index (χ1v) is 11.6.